The van der Waals surface area contributed by atoms with Crippen molar-refractivity contribution < 1.29 is 14.3 Å². The third-order valence-electron chi connectivity index (χ3n) is 3.51. The van der Waals surface area contributed by atoms with Gasteiger partial charge < -0.3 is 14.6 Å². The molecule has 0 saturated heterocycles. The predicted octanol–water partition coefficient (Wildman–Crippen LogP) is 0.990. The summed E-state index contributed by atoms with van der Waals surface area (Å²) in [6.07, 6.45) is 3.59. The van der Waals surface area contributed by atoms with Crippen molar-refractivity contribution in [2.75, 3.05) is 6.61 Å². The number of nitriles is 1. The Bertz CT molecular complexity index is 568. The summed E-state index contributed by atoms with van der Waals surface area (Å²) in [5.74, 6) is -0.818. The van der Waals surface area contributed by atoms with Crippen molar-refractivity contribution in [2.45, 2.75) is 25.3 Å². The van der Waals surface area contributed by atoms with Gasteiger partial charge in [-0.2, -0.15) is 5.26 Å². The van der Waals surface area contributed by atoms with Crippen molar-refractivity contribution in [3.8, 4) is 6.07 Å². The fraction of sp³-hybridized carbons (Fsp3) is 0.500. The number of rotatable bonds is 5. The van der Waals surface area contributed by atoms with Crippen LogP contribution in [0.25, 0.3) is 0 Å². The highest BCUT2D eigenvalue weighted by molar-refractivity contribution is 5.90. The van der Waals surface area contributed by atoms with Crippen LogP contribution in [0.2, 0.25) is 0 Å². The van der Waals surface area contributed by atoms with E-state index in [4.69, 9.17) is 10.00 Å². The standard InChI is InChI=1S/C14H17N3O3/c1-14(9-15,10-5-6-10)16-12(18)8-20-13(19)11-4-3-7-17(11)2/h3-4,7,10H,5-6,8H2,1-2H3,(H,16,18)/t14-/m1/s1. The fourth-order valence-electron chi connectivity index (χ4n) is 2.09. The van der Waals surface area contributed by atoms with Crippen LogP contribution in [-0.2, 0) is 16.6 Å². The average Bonchev–Trinajstić information content (AvgIpc) is 3.19. The molecule has 20 heavy (non-hydrogen) atoms. The first-order valence-corrected chi connectivity index (χ1v) is 6.47. The number of hydrogen-bond acceptors (Lipinski definition) is 4. The molecule has 6 nitrogen and oxygen atoms in total. The van der Waals surface area contributed by atoms with E-state index in [1.165, 1.54) is 0 Å². The van der Waals surface area contributed by atoms with E-state index in [-0.39, 0.29) is 12.5 Å². The normalized spacial score (nSPS) is 16.9. The van der Waals surface area contributed by atoms with Gasteiger partial charge in [0.1, 0.15) is 11.2 Å². The smallest absolute Gasteiger partial charge is 0.355 e. The lowest BCUT2D eigenvalue weighted by Crippen LogP contribution is -2.48. The second-order valence-corrected chi connectivity index (χ2v) is 5.22. The molecule has 0 spiro atoms. The predicted molar refractivity (Wildman–Crippen MR) is 70.6 cm³/mol. The van der Waals surface area contributed by atoms with E-state index in [1.54, 1.807) is 36.9 Å². The molecule has 1 amide bonds. The molecule has 1 aliphatic rings. The highest BCUT2D eigenvalue weighted by Gasteiger charge is 2.43. The SMILES string of the molecule is Cn1cccc1C(=O)OCC(=O)N[C@](C)(C#N)C1CC1. The first-order valence-electron chi connectivity index (χ1n) is 6.47. The lowest BCUT2D eigenvalue weighted by molar-refractivity contribution is -0.125. The van der Waals surface area contributed by atoms with Gasteiger partial charge in [0.25, 0.3) is 5.91 Å². The molecule has 1 atom stereocenters. The number of aromatic nitrogens is 1. The fourth-order valence-corrected chi connectivity index (χ4v) is 2.09. The van der Waals surface area contributed by atoms with Crippen molar-refractivity contribution in [3.05, 3.63) is 24.0 Å². The van der Waals surface area contributed by atoms with Crippen LogP contribution in [0, 0.1) is 17.2 Å². The maximum atomic E-state index is 11.8. The van der Waals surface area contributed by atoms with Gasteiger partial charge in [-0.25, -0.2) is 4.79 Å². The molecule has 0 unspecified atom stereocenters. The van der Waals surface area contributed by atoms with Crippen LogP contribution in [-0.4, -0.2) is 28.6 Å². The molecule has 0 bridgehead atoms. The molecule has 1 fully saturated rings. The van der Waals surface area contributed by atoms with Crippen LogP contribution in [0.5, 0.6) is 0 Å². The minimum absolute atomic E-state index is 0.194. The van der Waals surface area contributed by atoms with Crippen molar-refractivity contribution in [1.82, 2.24) is 9.88 Å². The molecule has 1 N–H and O–H groups in total. The van der Waals surface area contributed by atoms with Gasteiger partial charge in [-0.15, -0.1) is 0 Å². The average molecular weight is 275 g/mol. The molecule has 1 aliphatic carbocycles. The lowest BCUT2D eigenvalue weighted by Gasteiger charge is -2.22. The van der Waals surface area contributed by atoms with Gasteiger partial charge in [-0.1, -0.05) is 0 Å². The van der Waals surface area contributed by atoms with E-state index in [1.807, 2.05) is 0 Å². The Labute approximate surface area is 117 Å². The first kappa shape index (κ1) is 14.1. The molecule has 0 radical (unpaired) electrons. The van der Waals surface area contributed by atoms with Crippen LogP contribution in [0.3, 0.4) is 0 Å². The number of amides is 1. The summed E-state index contributed by atoms with van der Waals surface area (Å²) >= 11 is 0. The van der Waals surface area contributed by atoms with E-state index in [0.29, 0.717) is 5.69 Å². The van der Waals surface area contributed by atoms with Gasteiger partial charge in [0.2, 0.25) is 0 Å². The number of hydrogen-bond donors (Lipinski definition) is 1. The number of nitrogens with one attached hydrogen (secondary N) is 1. The highest BCUT2D eigenvalue weighted by atomic mass is 16.5. The van der Waals surface area contributed by atoms with Crippen molar-refractivity contribution in [2.24, 2.45) is 13.0 Å². The van der Waals surface area contributed by atoms with Crippen molar-refractivity contribution in [3.63, 3.8) is 0 Å². The number of carbonyl (C=O) groups is 2. The molecular weight excluding hydrogens is 258 g/mol. The largest absolute Gasteiger partial charge is 0.451 e. The summed E-state index contributed by atoms with van der Waals surface area (Å²) in [5.41, 5.74) is -0.489. The van der Waals surface area contributed by atoms with Gasteiger partial charge >= 0.3 is 5.97 Å². The van der Waals surface area contributed by atoms with Gasteiger partial charge in [0.15, 0.2) is 6.61 Å². The summed E-state index contributed by atoms with van der Waals surface area (Å²) in [7, 11) is 1.72. The molecule has 2 rings (SSSR count). The van der Waals surface area contributed by atoms with Crippen LogP contribution in [0.4, 0.5) is 0 Å². The minimum atomic E-state index is -0.867. The molecule has 1 heterocycles. The molecule has 106 valence electrons. The molecule has 0 aromatic carbocycles. The maximum absolute atomic E-state index is 11.8. The highest BCUT2D eigenvalue weighted by Crippen LogP contribution is 2.39. The Morgan fingerprint density at radius 1 is 1.60 bits per heavy atom. The minimum Gasteiger partial charge on any atom is -0.451 e. The third-order valence-corrected chi connectivity index (χ3v) is 3.51. The summed E-state index contributed by atoms with van der Waals surface area (Å²) in [6, 6.07) is 5.45. The number of nitrogens with zero attached hydrogens (tertiary/aromatic N) is 2. The summed E-state index contributed by atoms with van der Waals surface area (Å²) in [5, 5.41) is 11.8. The van der Waals surface area contributed by atoms with E-state index in [2.05, 4.69) is 11.4 Å². The Kier molecular flexibility index (Phi) is 3.79. The number of aryl methyl sites for hydroxylation is 1. The monoisotopic (exact) mass is 275 g/mol. The molecular formula is C14H17N3O3. The molecule has 1 aromatic rings. The Hall–Kier alpha value is -2.29. The molecule has 0 aliphatic heterocycles. The van der Waals surface area contributed by atoms with Gasteiger partial charge in [0, 0.05) is 13.2 Å². The zero-order valence-corrected chi connectivity index (χ0v) is 11.5. The van der Waals surface area contributed by atoms with Gasteiger partial charge in [-0.05, 0) is 37.8 Å². The lowest BCUT2D eigenvalue weighted by atomic mass is 9.98. The van der Waals surface area contributed by atoms with E-state index in [9.17, 15) is 9.59 Å². The zero-order valence-electron chi connectivity index (χ0n) is 11.5. The quantitative estimate of drug-likeness (QED) is 0.812. The number of ether oxygens (including phenoxy) is 1. The summed E-state index contributed by atoms with van der Waals surface area (Å²) < 4.78 is 6.55. The van der Waals surface area contributed by atoms with E-state index < -0.39 is 17.4 Å². The number of carbonyl (C=O) groups excluding carboxylic acids is 2. The van der Waals surface area contributed by atoms with Crippen LogP contribution < -0.4 is 5.32 Å². The zero-order chi connectivity index (χ0) is 14.8. The second-order valence-electron chi connectivity index (χ2n) is 5.22. The molecule has 1 aromatic heterocycles. The van der Waals surface area contributed by atoms with Crippen LogP contribution in [0.15, 0.2) is 18.3 Å². The molecule has 6 heteroatoms. The van der Waals surface area contributed by atoms with E-state index in [0.717, 1.165) is 12.8 Å². The van der Waals surface area contributed by atoms with Crippen LogP contribution in [0.1, 0.15) is 30.3 Å². The second kappa shape index (κ2) is 5.37. The first-order chi connectivity index (χ1) is 9.46. The van der Waals surface area contributed by atoms with Gasteiger partial charge in [0.05, 0.1) is 6.07 Å². The number of esters is 1. The Morgan fingerprint density at radius 2 is 2.30 bits per heavy atom. The van der Waals surface area contributed by atoms with Crippen LogP contribution >= 0.6 is 0 Å². The maximum Gasteiger partial charge on any atom is 0.355 e. The summed E-state index contributed by atoms with van der Waals surface area (Å²) in [6.45, 7) is 1.32. The summed E-state index contributed by atoms with van der Waals surface area (Å²) in [4.78, 5) is 23.5. The topological polar surface area (TPSA) is 84.1 Å². The van der Waals surface area contributed by atoms with E-state index >= 15 is 0 Å². The van der Waals surface area contributed by atoms with Gasteiger partial charge in [-0.3, -0.25) is 4.79 Å². The van der Waals surface area contributed by atoms with Crippen molar-refractivity contribution in [1.29, 1.82) is 5.26 Å². The Morgan fingerprint density at radius 3 is 2.80 bits per heavy atom. The van der Waals surface area contributed by atoms with Crippen molar-refractivity contribution >= 4 is 11.9 Å². The Balaban J connectivity index is 1.85. The third kappa shape index (κ3) is 2.99. The molecule has 1 saturated carbocycles.